The van der Waals surface area contributed by atoms with E-state index in [1.165, 1.54) is 11.8 Å². The summed E-state index contributed by atoms with van der Waals surface area (Å²) in [6.07, 6.45) is 1.31. The summed E-state index contributed by atoms with van der Waals surface area (Å²) in [5.74, 6) is 0.572. The molecule has 17 heavy (non-hydrogen) atoms. The van der Waals surface area contributed by atoms with E-state index in [1.54, 1.807) is 17.2 Å². The van der Waals surface area contributed by atoms with Crippen LogP contribution < -0.4 is 11.1 Å². The maximum absolute atomic E-state index is 9.94. The average Bonchev–Trinajstić information content (AvgIpc) is 2.57. The van der Waals surface area contributed by atoms with Crippen molar-refractivity contribution in [3.63, 3.8) is 0 Å². The number of rotatable bonds is 2. The first-order chi connectivity index (χ1) is 8.04. The van der Waals surface area contributed by atoms with Crippen molar-refractivity contribution in [3.8, 4) is 0 Å². The van der Waals surface area contributed by atoms with Gasteiger partial charge in [0.05, 0.1) is 24.1 Å². The van der Waals surface area contributed by atoms with E-state index >= 15 is 0 Å². The Labute approximate surface area is 104 Å². The highest BCUT2D eigenvalue weighted by Gasteiger charge is 2.45. The molecule has 0 aliphatic carbocycles. The maximum atomic E-state index is 9.94. The molecule has 2 heterocycles. The molecular formula is C10H17N3O3S. The van der Waals surface area contributed by atoms with E-state index in [0.717, 1.165) is 0 Å². The van der Waals surface area contributed by atoms with E-state index in [-0.39, 0.29) is 23.4 Å². The predicted octanol–water partition coefficient (Wildman–Crippen LogP) is -1.68. The van der Waals surface area contributed by atoms with Crippen molar-refractivity contribution < 1.29 is 15.3 Å². The molecule has 0 radical (unpaired) electrons. The molecule has 2 rings (SSSR count). The highest BCUT2D eigenvalue weighted by Crippen LogP contribution is 2.37. The Morgan fingerprint density at radius 3 is 2.71 bits per heavy atom. The number of thioether (sulfide) groups is 1. The zero-order valence-corrected chi connectivity index (χ0v) is 10.0. The van der Waals surface area contributed by atoms with Crippen LogP contribution in [-0.4, -0.2) is 55.8 Å². The fourth-order valence-corrected chi connectivity index (χ4v) is 3.36. The Morgan fingerprint density at radius 2 is 2.18 bits per heavy atom. The van der Waals surface area contributed by atoms with Gasteiger partial charge in [0.2, 0.25) is 0 Å². The number of aliphatic hydroxyl groups is 3. The molecule has 0 spiro atoms. The number of hydrogen-bond donors (Lipinski definition) is 5. The van der Waals surface area contributed by atoms with Crippen LogP contribution in [0.15, 0.2) is 24.7 Å². The molecule has 0 aromatic rings. The molecule has 5 atom stereocenters. The lowest BCUT2D eigenvalue weighted by molar-refractivity contribution is 0.00383. The van der Waals surface area contributed by atoms with E-state index in [0.29, 0.717) is 5.82 Å². The molecule has 1 saturated heterocycles. The summed E-state index contributed by atoms with van der Waals surface area (Å²) in [5, 5.41) is 30.9. The summed E-state index contributed by atoms with van der Waals surface area (Å²) in [7, 11) is 0. The second kappa shape index (κ2) is 4.87. The van der Waals surface area contributed by atoms with Crippen LogP contribution in [-0.2, 0) is 0 Å². The molecule has 6 N–H and O–H groups in total. The van der Waals surface area contributed by atoms with E-state index < -0.39 is 12.2 Å². The Balaban J connectivity index is 2.13. The van der Waals surface area contributed by atoms with Crippen LogP contribution in [0.25, 0.3) is 0 Å². The highest BCUT2D eigenvalue weighted by atomic mass is 32.2. The smallest absolute Gasteiger partial charge is 0.111 e. The van der Waals surface area contributed by atoms with Crippen molar-refractivity contribution in [2.75, 3.05) is 6.61 Å². The summed E-state index contributed by atoms with van der Waals surface area (Å²) in [4.78, 5) is 1.72. The minimum absolute atomic E-state index is 0.170. The van der Waals surface area contributed by atoms with E-state index in [4.69, 9.17) is 10.8 Å². The fraction of sp³-hybridized carbons (Fsp3) is 0.600. The normalized spacial score (nSPS) is 41.8. The summed E-state index contributed by atoms with van der Waals surface area (Å²) < 4.78 is 0. The Hall–Kier alpha value is -0.730. The first-order valence-electron chi connectivity index (χ1n) is 5.34. The summed E-state index contributed by atoms with van der Waals surface area (Å²) in [6.45, 7) is 3.65. The van der Waals surface area contributed by atoms with Crippen molar-refractivity contribution in [2.24, 2.45) is 5.73 Å². The van der Waals surface area contributed by atoms with Crippen LogP contribution in [0.1, 0.15) is 0 Å². The van der Waals surface area contributed by atoms with E-state index in [1.807, 2.05) is 0 Å². The van der Waals surface area contributed by atoms with Crippen LogP contribution in [0, 0.1) is 0 Å². The van der Waals surface area contributed by atoms with Gasteiger partial charge >= 0.3 is 0 Å². The van der Waals surface area contributed by atoms with Gasteiger partial charge in [-0.1, -0.05) is 6.58 Å². The fourth-order valence-electron chi connectivity index (χ4n) is 1.94. The number of nitrogens with zero attached hydrogens (tertiary/aromatic N) is 1. The van der Waals surface area contributed by atoms with Crippen LogP contribution in [0.3, 0.4) is 0 Å². The third kappa shape index (κ3) is 2.29. The lowest BCUT2D eigenvalue weighted by atomic mass is 10.1. The summed E-state index contributed by atoms with van der Waals surface area (Å²) in [6, 6.07) is 0. The van der Waals surface area contributed by atoms with E-state index in [9.17, 15) is 10.2 Å². The quantitative estimate of drug-likeness (QED) is 0.403. The topological polar surface area (TPSA) is 102 Å². The standard InChI is InChI=1S/C10H17N3O3S/c1-5-12-7(11)2-3-13(5)10-9(16)8(15)6(4-14)17-10/h2-3,6-10,12,14-16H,1,4,11H2/t6-,7?,8-,9+,10-/m1/s1. The van der Waals surface area contributed by atoms with Crippen molar-refractivity contribution in [3.05, 3.63) is 24.7 Å². The van der Waals surface area contributed by atoms with Gasteiger partial charge in [0.1, 0.15) is 17.3 Å². The molecule has 0 aromatic heterocycles. The van der Waals surface area contributed by atoms with Gasteiger partial charge in [-0.3, -0.25) is 0 Å². The zero-order chi connectivity index (χ0) is 12.6. The minimum Gasteiger partial charge on any atom is -0.395 e. The van der Waals surface area contributed by atoms with Crippen molar-refractivity contribution in [2.45, 2.75) is 29.0 Å². The van der Waals surface area contributed by atoms with Gasteiger partial charge in [-0.25, -0.2) is 0 Å². The lowest BCUT2D eigenvalue weighted by Crippen LogP contribution is -2.48. The minimum atomic E-state index is -0.938. The number of aliphatic hydroxyl groups excluding tert-OH is 3. The third-order valence-electron chi connectivity index (χ3n) is 2.89. The van der Waals surface area contributed by atoms with Crippen LogP contribution >= 0.6 is 11.8 Å². The van der Waals surface area contributed by atoms with Gasteiger partial charge in [0, 0.05) is 6.20 Å². The molecule has 96 valence electrons. The van der Waals surface area contributed by atoms with Crippen molar-refractivity contribution >= 4 is 11.8 Å². The molecular weight excluding hydrogens is 242 g/mol. The average molecular weight is 259 g/mol. The molecule has 0 bridgehead atoms. The second-order valence-electron chi connectivity index (χ2n) is 4.09. The Morgan fingerprint density at radius 1 is 1.47 bits per heavy atom. The number of nitrogens with two attached hydrogens (primary N) is 1. The molecule has 2 aliphatic heterocycles. The largest absolute Gasteiger partial charge is 0.395 e. The van der Waals surface area contributed by atoms with Gasteiger partial charge in [0.25, 0.3) is 0 Å². The van der Waals surface area contributed by atoms with Crippen molar-refractivity contribution in [1.29, 1.82) is 0 Å². The van der Waals surface area contributed by atoms with Gasteiger partial charge in [0.15, 0.2) is 0 Å². The van der Waals surface area contributed by atoms with Crippen LogP contribution in [0.4, 0.5) is 0 Å². The van der Waals surface area contributed by atoms with Crippen LogP contribution in [0.5, 0.6) is 0 Å². The third-order valence-corrected chi connectivity index (χ3v) is 4.45. The lowest BCUT2D eigenvalue weighted by Gasteiger charge is -2.35. The molecule has 7 heteroatoms. The Bertz CT molecular complexity index is 339. The molecule has 1 unspecified atom stereocenters. The molecule has 0 saturated carbocycles. The molecule has 2 aliphatic rings. The van der Waals surface area contributed by atoms with Crippen molar-refractivity contribution in [1.82, 2.24) is 10.2 Å². The monoisotopic (exact) mass is 259 g/mol. The highest BCUT2D eigenvalue weighted by molar-refractivity contribution is 8.00. The SMILES string of the molecule is C=C1NC(N)C=CN1[C@@H]1S[C@H](CO)[C@@H](O)[C@@H]1O. The van der Waals surface area contributed by atoms with Crippen LogP contribution in [0.2, 0.25) is 0 Å². The van der Waals surface area contributed by atoms with E-state index in [2.05, 4.69) is 11.9 Å². The molecule has 0 aromatic carbocycles. The van der Waals surface area contributed by atoms with Gasteiger partial charge in [-0.2, -0.15) is 0 Å². The number of nitrogens with one attached hydrogen (secondary N) is 1. The zero-order valence-electron chi connectivity index (χ0n) is 9.23. The summed E-state index contributed by atoms with van der Waals surface area (Å²) in [5.41, 5.74) is 5.66. The first-order valence-corrected chi connectivity index (χ1v) is 6.29. The van der Waals surface area contributed by atoms with Gasteiger partial charge in [-0.05, 0) is 6.08 Å². The summed E-state index contributed by atoms with van der Waals surface area (Å²) >= 11 is 1.32. The molecule has 6 nitrogen and oxygen atoms in total. The predicted molar refractivity (Wildman–Crippen MR) is 65.5 cm³/mol. The molecule has 0 amide bonds. The maximum Gasteiger partial charge on any atom is 0.111 e. The second-order valence-corrected chi connectivity index (χ2v) is 5.46. The molecule has 1 fully saturated rings. The number of hydrogen-bond acceptors (Lipinski definition) is 7. The van der Waals surface area contributed by atoms with Gasteiger partial charge < -0.3 is 31.3 Å². The first kappa shape index (κ1) is 12.7. The Kier molecular flexibility index (Phi) is 3.64. The van der Waals surface area contributed by atoms with Gasteiger partial charge in [-0.15, -0.1) is 11.8 Å².